The lowest BCUT2D eigenvalue weighted by molar-refractivity contribution is -0.0734. The molecule has 2 heterocycles. The van der Waals surface area contributed by atoms with E-state index in [1.165, 1.54) is 6.26 Å². The van der Waals surface area contributed by atoms with Gasteiger partial charge in [0, 0.05) is 46.1 Å². The summed E-state index contributed by atoms with van der Waals surface area (Å²) in [6.07, 6.45) is 3.34. The number of rotatable bonds is 4. The number of likely N-dealkylation sites (N-methyl/N-ethyl adjacent to an activating group) is 1. The summed E-state index contributed by atoms with van der Waals surface area (Å²) < 4.78 is 10.5. The van der Waals surface area contributed by atoms with Gasteiger partial charge in [-0.15, -0.1) is 0 Å². The molecule has 1 fully saturated rings. The van der Waals surface area contributed by atoms with Crippen LogP contribution >= 0.6 is 0 Å². The Morgan fingerprint density at radius 1 is 1.47 bits per heavy atom. The topological polar surface area (TPSA) is 62.9 Å². The van der Waals surface area contributed by atoms with Crippen molar-refractivity contribution in [3.8, 4) is 0 Å². The van der Waals surface area contributed by atoms with Gasteiger partial charge in [-0.3, -0.25) is 4.79 Å². The zero-order valence-corrected chi connectivity index (χ0v) is 11.5. The summed E-state index contributed by atoms with van der Waals surface area (Å²) in [5, 5.41) is 10.4. The fraction of sp³-hybridized carbons (Fsp3) is 0.643. The lowest BCUT2D eigenvalue weighted by Crippen LogP contribution is -2.47. The molecule has 0 bridgehead atoms. The van der Waals surface area contributed by atoms with Gasteiger partial charge in [0.25, 0.3) is 5.91 Å². The molecule has 5 heteroatoms. The van der Waals surface area contributed by atoms with Gasteiger partial charge in [-0.2, -0.15) is 0 Å². The van der Waals surface area contributed by atoms with Gasteiger partial charge >= 0.3 is 0 Å². The van der Waals surface area contributed by atoms with Crippen molar-refractivity contribution in [2.45, 2.75) is 31.8 Å². The largest absolute Gasteiger partial charge is 0.469 e. The molecule has 0 aliphatic carbocycles. The molecule has 1 N–H and O–H groups in total. The van der Waals surface area contributed by atoms with E-state index < -0.39 is 5.60 Å². The van der Waals surface area contributed by atoms with Crippen LogP contribution in [0.25, 0.3) is 0 Å². The molecule has 1 aliphatic rings. The number of amides is 1. The number of ether oxygens (including phenoxy) is 1. The van der Waals surface area contributed by atoms with Crippen molar-refractivity contribution >= 4 is 5.91 Å². The van der Waals surface area contributed by atoms with Crippen molar-refractivity contribution in [1.29, 1.82) is 0 Å². The van der Waals surface area contributed by atoms with Crippen LogP contribution in [0.5, 0.6) is 0 Å². The summed E-state index contributed by atoms with van der Waals surface area (Å²) in [5.41, 5.74) is -0.251. The third kappa shape index (κ3) is 3.16. The fourth-order valence-electron chi connectivity index (χ4n) is 2.43. The Labute approximate surface area is 113 Å². The van der Waals surface area contributed by atoms with Crippen LogP contribution in [0.4, 0.5) is 0 Å². The molecular formula is C14H21NO4. The van der Waals surface area contributed by atoms with Crippen LogP contribution in [0.1, 0.15) is 35.9 Å². The molecule has 2 rings (SSSR count). The monoisotopic (exact) mass is 267 g/mol. The summed E-state index contributed by atoms with van der Waals surface area (Å²) in [4.78, 5) is 13.9. The highest BCUT2D eigenvalue weighted by Crippen LogP contribution is 2.22. The number of carbonyl (C=O) groups excluding carboxylic acids is 1. The molecule has 19 heavy (non-hydrogen) atoms. The maximum Gasteiger partial charge on any atom is 0.257 e. The van der Waals surface area contributed by atoms with Gasteiger partial charge in [-0.05, 0) is 6.07 Å². The molecule has 106 valence electrons. The van der Waals surface area contributed by atoms with Gasteiger partial charge in [-0.1, -0.05) is 6.92 Å². The smallest absolute Gasteiger partial charge is 0.257 e. The first kappa shape index (κ1) is 14.1. The number of hydrogen-bond acceptors (Lipinski definition) is 4. The first-order valence-corrected chi connectivity index (χ1v) is 6.68. The van der Waals surface area contributed by atoms with Crippen LogP contribution in [-0.2, 0) is 11.2 Å². The van der Waals surface area contributed by atoms with Crippen molar-refractivity contribution in [2.24, 2.45) is 0 Å². The van der Waals surface area contributed by atoms with Gasteiger partial charge in [0.05, 0.1) is 17.4 Å². The number of aryl methyl sites for hydroxylation is 1. The van der Waals surface area contributed by atoms with Crippen molar-refractivity contribution in [1.82, 2.24) is 4.90 Å². The van der Waals surface area contributed by atoms with E-state index in [9.17, 15) is 9.90 Å². The van der Waals surface area contributed by atoms with Crippen LogP contribution in [0.3, 0.4) is 0 Å². The molecule has 0 radical (unpaired) electrons. The SMILES string of the molecule is CCc1occc1C(=O)N(C)CC1(O)CCOCC1. The van der Waals surface area contributed by atoms with E-state index in [1.54, 1.807) is 18.0 Å². The third-order valence-electron chi connectivity index (χ3n) is 3.60. The second-order valence-electron chi connectivity index (χ2n) is 5.11. The summed E-state index contributed by atoms with van der Waals surface area (Å²) in [6, 6.07) is 1.69. The fourth-order valence-corrected chi connectivity index (χ4v) is 2.43. The predicted molar refractivity (Wildman–Crippen MR) is 70.0 cm³/mol. The number of hydrogen-bond donors (Lipinski definition) is 1. The van der Waals surface area contributed by atoms with E-state index in [0.717, 1.165) is 0 Å². The number of furan rings is 1. The maximum absolute atomic E-state index is 12.3. The van der Waals surface area contributed by atoms with Crippen LogP contribution < -0.4 is 0 Å². The molecule has 0 saturated carbocycles. The average Bonchev–Trinajstić information content (AvgIpc) is 2.86. The van der Waals surface area contributed by atoms with Gasteiger partial charge in [-0.25, -0.2) is 0 Å². The van der Waals surface area contributed by atoms with Crippen molar-refractivity contribution < 1.29 is 19.1 Å². The first-order valence-electron chi connectivity index (χ1n) is 6.68. The highest BCUT2D eigenvalue weighted by atomic mass is 16.5. The van der Waals surface area contributed by atoms with E-state index in [1.807, 2.05) is 6.92 Å². The molecule has 1 aliphatic heterocycles. The Morgan fingerprint density at radius 3 is 2.79 bits per heavy atom. The lowest BCUT2D eigenvalue weighted by Gasteiger charge is -2.35. The molecule has 0 aromatic carbocycles. The van der Waals surface area contributed by atoms with Crippen LogP contribution in [0, 0.1) is 0 Å². The predicted octanol–water partition coefficient (Wildman–Crippen LogP) is 1.46. The molecular weight excluding hydrogens is 246 g/mol. The highest BCUT2D eigenvalue weighted by molar-refractivity contribution is 5.95. The minimum Gasteiger partial charge on any atom is -0.469 e. The Morgan fingerprint density at radius 2 is 2.16 bits per heavy atom. The number of aliphatic hydroxyl groups is 1. The third-order valence-corrected chi connectivity index (χ3v) is 3.60. The van der Waals surface area contributed by atoms with E-state index in [4.69, 9.17) is 9.15 Å². The van der Waals surface area contributed by atoms with Gasteiger partial charge in [0.1, 0.15) is 5.76 Å². The molecule has 0 atom stereocenters. The van der Waals surface area contributed by atoms with Crippen LogP contribution in [0.2, 0.25) is 0 Å². The normalized spacial score (nSPS) is 18.3. The average molecular weight is 267 g/mol. The van der Waals surface area contributed by atoms with E-state index in [-0.39, 0.29) is 5.91 Å². The second-order valence-corrected chi connectivity index (χ2v) is 5.11. The Hall–Kier alpha value is -1.33. The van der Waals surface area contributed by atoms with Crippen molar-refractivity contribution in [2.75, 3.05) is 26.8 Å². The highest BCUT2D eigenvalue weighted by Gasteiger charge is 2.33. The molecule has 5 nitrogen and oxygen atoms in total. The number of nitrogens with zero attached hydrogens (tertiary/aromatic N) is 1. The molecule has 1 saturated heterocycles. The van der Waals surface area contributed by atoms with E-state index in [2.05, 4.69) is 0 Å². The molecule has 0 spiro atoms. The summed E-state index contributed by atoms with van der Waals surface area (Å²) in [5.74, 6) is 0.585. The molecule has 1 amide bonds. The van der Waals surface area contributed by atoms with Gasteiger partial charge in [0.15, 0.2) is 0 Å². The maximum atomic E-state index is 12.3. The minimum absolute atomic E-state index is 0.106. The quantitative estimate of drug-likeness (QED) is 0.897. The van der Waals surface area contributed by atoms with Gasteiger partial charge in [0.2, 0.25) is 0 Å². The minimum atomic E-state index is -0.835. The van der Waals surface area contributed by atoms with E-state index >= 15 is 0 Å². The lowest BCUT2D eigenvalue weighted by atomic mass is 9.93. The zero-order valence-electron chi connectivity index (χ0n) is 11.5. The Bertz CT molecular complexity index is 434. The first-order chi connectivity index (χ1) is 9.06. The standard InChI is InChI=1S/C14H21NO4/c1-3-12-11(4-7-19-12)13(16)15(2)10-14(17)5-8-18-9-6-14/h4,7,17H,3,5-6,8-10H2,1-2H3. The van der Waals surface area contributed by atoms with E-state index in [0.29, 0.717) is 50.3 Å². The van der Waals surface area contributed by atoms with Crippen LogP contribution in [0.15, 0.2) is 16.7 Å². The van der Waals surface area contributed by atoms with Crippen LogP contribution in [-0.4, -0.2) is 48.3 Å². The van der Waals surface area contributed by atoms with Crippen molar-refractivity contribution in [3.05, 3.63) is 23.7 Å². The summed E-state index contributed by atoms with van der Waals surface area (Å²) in [7, 11) is 1.71. The Kier molecular flexibility index (Phi) is 4.27. The molecule has 0 unspecified atom stereocenters. The molecule has 1 aromatic heterocycles. The zero-order chi connectivity index (χ0) is 13.9. The Balaban J connectivity index is 2.03. The molecule has 1 aromatic rings. The number of carbonyl (C=O) groups is 1. The van der Waals surface area contributed by atoms with Crippen molar-refractivity contribution in [3.63, 3.8) is 0 Å². The second kappa shape index (κ2) is 5.75. The summed E-state index contributed by atoms with van der Waals surface area (Å²) in [6.45, 7) is 3.36. The van der Waals surface area contributed by atoms with Gasteiger partial charge < -0.3 is 19.2 Å². The summed E-state index contributed by atoms with van der Waals surface area (Å²) >= 11 is 0.